The molecule has 0 aliphatic carbocycles. The number of nitrogens with zero attached hydrogens (tertiary/aromatic N) is 2. The van der Waals surface area contributed by atoms with Gasteiger partial charge >= 0.3 is 0 Å². The fourth-order valence-corrected chi connectivity index (χ4v) is 1.41. The molecular weight excluding hydrogens is 264 g/mol. The van der Waals surface area contributed by atoms with E-state index in [1.165, 1.54) is 6.26 Å². The van der Waals surface area contributed by atoms with Crippen molar-refractivity contribution in [3.63, 3.8) is 0 Å². The van der Waals surface area contributed by atoms with Crippen molar-refractivity contribution in [3.05, 3.63) is 24.3 Å². The zero-order valence-corrected chi connectivity index (χ0v) is 11.0. The van der Waals surface area contributed by atoms with Crippen LogP contribution in [0, 0.1) is 5.92 Å². The van der Waals surface area contributed by atoms with Gasteiger partial charge in [-0.1, -0.05) is 13.8 Å². The van der Waals surface area contributed by atoms with E-state index in [-0.39, 0.29) is 23.6 Å². The molecule has 3 N–H and O–H groups in total. The van der Waals surface area contributed by atoms with Gasteiger partial charge in [0.05, 0.1) is 6.26 Å². The molecule has 2 aromatic heterocycles. The Bertz CT molecular complexity index is 603. The van der Waals surface area contributed by atoms with E-state index in [2.05, 4.69) is 15.5 Å². The molecule has 0 aromatic carbocycles. The minimum atomic E-state index is -1.17. The average Bonchev–Trinajstić information content (AvgIpc) is 3.05. The van der Waals surface area contributed by atoms with E-state index < -0.39 is 11.9 Å². The maximum atomic E-state index is 11.6. The van der Waals surface area contributed by atoms with Crippen molar-refractivity contribution in [2.75, 3.05) is 0 Å². The molecule has 0 aliphatic heterocycles. The number of furan rings is 1. The summed E-state index contributed by atoms with van der Waals surface area (Å²) < 4.78 is 10.4. The molecule has 1 unspecified atom stereocenters. The molecule has 0 spiro atoms. The minimum absolute atomic E-state index is 0.0853. The first-order valence-electron chi connectivity index (χ1n) is 5.96. The van der Waals surface area contributed by atoms with E-state index >= 15 is 0 Å². The lowest BCUT2D eigenvalue weighted by atomic mass is 10.2. The van der Waals surface area contributed by atoms with Crippen molar-refractivity contribution >= 4 is 11.8 Å². The Balaban J connectivity index is 2.22. The van der Waals surface area contributed by atoms with Gasteiger partial charge in [0.2, 0.25) is 17.7 Å². The van der Waals surface area contributed by atoms with Gasteiger partial charge in [-0.3, -0.25) is 9.59 Å². The van der Waals surface area contributed by atoms with Gasteiger partial charge in [-0.15, -0.1) is 10.2 Å². The lowest BCUT2D eigenvalue weighted by Crippen LogP contribution is -2.39. The van der Waals surface area contributed by atoms with E-state index in [1.807, 2.05) is 0 Å². The molecule has 2 rings (SSSR count). The topological polar surface area (TPSA) is 124 Å². The van der Waals surface area contributed by atoms with Crippen LogP contribution in [-0.2, 0) is 9.59 Å². The molecule has 106 valence electrons. The van der Waals surface area contributed by atoms with Crippen LogP contribution in [-0.4, -0.2) is 22.0 Å². The summed E-state index contributed by atoms with van der Waals surface area (Å²) in [5, 5.41) is 9.91. The van der Waals surface area contributed by atoms with Crippen LogP contribution in [0.15, 0.2) is 27.2 Å². The van der Waals surface area contributed by atoms with Crippen molar-refractivity contribution < 1.29 is 18.4 Å². The SMILES string of the molecule is CC(C)C(=O)NC(C(N)=O)c1nnc(-c2ccco2)o1. The molecule has 2 aromatic rings. The average molecular weight is 278 g/mol. The molecule has 0 fully saturated rings. The number of aromatic nitrogens is 2. The highest BCUT2D eigenvalue weighted by atomic mass is 16.4. The fraction of sp³-hybridized carbons (Fsp3) is 0.333. The third-order valence-electron chi connectivity index (χ3n) is 2.52. The molecule has 8 heteroatoms. The monoisotopic (exact) mass is 278 g/mol. The van der Waals surface area contributed by atoms with Crippen LogP contribution in [0.2, 0.25) is 0 Å². The molecule has 1 atom stereocenters. The van der Waals surface area contributed by atoms with Gasteiger partial charge in [-0.05, 0) is 12.1 Å². The van der Waals surface area contributed by atoms with Gasteiger partial charge in [0.25, 0.3) is 5.89 Å². The summed E-state index contributed by atoms with van der Waals surface area (Å²) in [6.45, 7) is 3.38. The lowest BCUT2D eigenvalue weighted by molar-refractivity contribution is -0.129. The van der Waals surface area contributed by atoms with Gasteiger partial charge in [-0.2, -0.15) is 0 Å². The molecule has 8 nitrogen and oxygen atoms in total. The van der Waals surface area contributed by atoms with Crippen molar-refractivity contribution in [3.8, 4) is 11.7 Å². The molecule has 20 heavy (non-hydrogen) atoms. The van der Waals surface area contributed by atoms with Crippen molar-refractivity contribution in [2.45, 2.75) is 19.9 Å². The Morgan fingerprint density at radius 1 is 1.35 bits per heavy atom. The van der Waals surface area contributed by atoms with Gasteiger partial charge in [0, 0.05) is 5.92 Å². The molecule has 0 aliphatic rings. The highest BCUT2D eigenvalue weighted by molar-refractivity contribution is 5.87. The number of amides is 2. The molecule has 2 heterocycles. The molecule has 0 saturated carbocycles. The van der Waals surface area contributed by atoms with Crippen LogP contribution >= 0.6 is 0 Å². The molecular formula is C12H14N4O4. The minimum Gasteiger partial charge on any atom is -0.459 e. The first-order valence-corrected chi connectivity index (χ1v) is 5.96. The fourth-order valence-electron chi connectivity index (χ4n) is 1.41. The predicted molar refractivity (Wildman–Crippen MR) is 66.9 cm³/mol. The number of hydrogen-bond donors (Lipinski definition) is 2. The third-order valence-corrected chi connectivity index (χ3v) is 2.52. The van der Waals surface area contributed by atoms with Crippen LogP contribution in [0.1, 0.15) is 25.8 Å². The molecule has 2 amide bonds. The maximum absolute atomic E-state index is 11.6. The highest BCUT2D eigenvalue weighted by Gasteiger charge is 2.27. The first kappa shape index (κ1) is 13.8. The quantitative estimate of drug-likeness (QED) is 0.826. The van der Waals surface area contributed by atoms with Crippen LogP contribution in [0.5, 0.6) is 0 Å². The molecule has 0 bridgehead atoms. The predicted octanol–water partition coefficient (Wildman–Crippen LogP) is 0.628. The highest BCUT2D eigenvalue weighted by Crippen LogP contribution is 2.21. The van der Waals surface area contributed by atoms with Crippen LogP contribution in [0.3, 0.4) is 0 Å². The second-order valence-corrected chi connectivity index (χ2v) is 4.42. The van der Waals surface area contributed by atoms with E-state index in [4.69, 9.17) is 14.6 Å². The second kappa shape index (κ2) is 5.55. The van der Waals surface area contributed by atoms with Crippen molar-refractivity contribution in [1.82, 2.24) is 15.5 Å². The Morgan fingerprint density at radius 3 is 2.65 bits per heavy atom. The third kappa shape index (κ3) is 2.85. The summed E-state index contributed by atoms with van der Waals surface area (Å²) in [4.78, 5) is 23.0. The lowest BCUT2D eigenvalue weighted by Gasteiger charge is -2.13. The van der Waals surface area contributed by atoms with Crippen molar-refractivity contribution in [2.24, 2.45) is 11.7 Å². The normalized spacial score (nSPS) is 12.3. The van der Waals surface area contributed by atoms with E-state index in [1.54, 1.807) is 26.0 Å². The molecule has 0 radical (unpaired) electrons. The Morgan fingerprint density at radius 2 is 2.10 bits per heavy atom. The Hall–Kier alpha value is -2.64. The summed E-state index contributed by atoms with van der Waals surface area (Å²) in [6, 6.07) is 2.12. The number of nitrogens with two attached hydrogens (primary N) is 1. The van der Waals surface area contributed by atoms with Gasteiger partial charge < -0.3 is 19.9 Å². The Labute approximate surface area is 114 Å². The van der Waals surface area contributed by atoms with Crippen LogP contribution in [0.25, 0.3) is 11.7 Å². The summed E-state index contributed by atoms with van der Waals surface area (Å²) in [5.41, 5.74) is 5.24. The van der Waals surface area contributed by atoms with Crippen molar-refractivity contribution in [1.29, 1.82) is 0 Å². The van der Waals surface area contributed by atoms with Gasteiger partial charge in [-0.25, -0.2) is 0 Å². The zero-order chi connectivity index (χ0) is 14.7. The molecule has 0 saturated heterocycles. The number of hydrogen-bond acceptors (Lipinski definition) is 6. The number of carbonyl (C=O) groups is 2. The number of carbonyl (C=O) groups excluding carboxylic acids is 2. The smallest absolute Gasteiger partial charge is 0.283 e. The largest absolute Gasteiger partial charge is 0.459 e. The van der Waals surface area contributed by atoms with Gasteiger partial charge in [0.1, 0.15) is 0 Å². The van der Waals surface area contributed by atoms with E-state index in [0.717, 1.165) is 0 Å². The Kier molecular flexibility index (Phi) is 3.83. The summed E-state index contributed by atoms with van der Waals surface area (Å²) >= 11 is 0. The van der Waals surface area contributed by atoms with Crippen LogP contribution in [0.4, 0.5) is 0 Å². The second-order valence-electron chi connectivity index (χ2n) is 4.42. The number of nitrogens with one attached hydrogen (secondary N) is 1. The standard InChI is InChI=1S/C12H14N4O4/c1-6(2)10(18)14-8(9(13)17)12-16-15-11(20-12)7-4-3-5-19-7/h3-6,8H,1-2H3,(H2,13,17)(H,14,18). The van der Waals surface area contributed by atoms with E-state index in [0.29, 0.717) is 5.76 Å². The number of primary amides is 1. The summed E-state index contributed by atoms with van der Waals surface area (Å²) in [7, 11) is 0. The zero-order valence-electron chi connectivity index (χ0n) is 11.0. The maximum Gasteiger partial charge on any atom is 0.283 e. The first-order chi connectivity index (χ1) is 9.49. The van der Waals surface area contributed by atoms with E-state index in [9.17, 15) is 9.59 Å². The number of rotatable bonds is 5. The van der Waals surface area contributed by atoms with Gasteiger partial charge in [0.15, 0.2) is 11.8 Å². The summed E-state index contributed by atoms with van der Waals surface area (Å²) in [5.74, 6) is -1.04. The van der Waals surface area contributed by atoms with Crippen LogP contribution < -0.4 is 11.1 Å². The summed E-state index contributed by atoms with van der Waals surface area (Å²) in [6.07, 6.45) is 1.45.